The number of sulfonamides is 1. The number of aryl methyl sites for hydroxylation is 1. The number of nitrogens with zero attached hydrogens (tertiary/aromatic N) is 1. The summed E-state index contributed by atoms with van der Waals surface area (Å²) in [6, 6.07) is 10.3. The molecular formula is C22H24BrN3O5S. The van der Waals surface area contributed by atoms with E-state index in [2.05, 4.69) is 26.6 Å². The number of anilines is 2. The predicted octanol–water partition coefficient (Wildman–Crippen LogP) is 3.52. The number of piperidine rings is 1. The van der Waals surface area contributed by atoms with E-state index < -0.39 is 22.0 Å². The van der Waals surface area contributed by atoms with Crippen molar-refractivity contribution in [3.05, 3.63) is 46.4 Å². The Morgan fingerprint density at radius 1 is 1.28 bits per heavy atom. The molecule has 0 spiro atoms. The molecule has 2 N–H and O–H groups in total. The lowest BCUT2D eigenvalue weighted by molar-refractivity contribution is -0.123. The Morgan fingerprint density at radius 2 is 2.06 bits per heavy atom. The number of carbonyl (C=O) groups is 2. The van der Waals surface area contributed by atoms with Crippen LogP contribution in [0.2, 0.25) is 0 Å². The van der Waals surface area contributed by atoms with Crippen molar-refractivity contribution in [2.45, 2.75) is 37.7 Å². The molecule has 0 aliphatic carbocycles. The van der Waals surface area contributed by atoms with Gasteiger partial charge in [0.25, 0.3) is 5.91 Å². The van der Waals surface area contributed by atoms with Gasteiger partial charge < -0.3 is 15.4 Å². The van der Waals surface area contributed by atoms with Crippen molar-refractivity contribution in [3.63, 3.8) is 0 Å². The molecule has 1 fully saturated rings. The van der Waals surface area contributed by atoms with E-state index >= 15 is 0 Å². The van der Waals surface area contributed by atoms with E-state index in [1.807, 2.05) is 12.1 Å². The van der Waals surface area contributed by atoms with Crippen LogP contribution < -0.4 is 15.4 Å². The molecule has 2 aromatic carbocycles. The number of hydrogen-bond donors (Lipinski definition) is 2. The van der Waals surface area contributed by atoms with Gasteiger partial charge in [-0.25, -0.2) is 8.42 Å². The molecule has 2 aliphatic rings. The Labute approximate surface area is 195 Å². The average Bonchev–Trinajstić information content (AvgIpc) is 2.74. The zero-order chi connectivity index (χ0) is 23.0. The number of hydrogen-bond acceptors (Lipinski definition) is 5. The maximum absolute atomic E-state index is 13.5. The van der Waals surface area contributed by atoms with Gasteiger partial charge in [0.15, 0.2) is 6.10 Å². The van der Waals surface area contributed by atoms with Crippen molar-refractivity contribution in [3.8, 4) is 5.75 Å². The number of benzene rings is 2. The van der Waals surface area contributed by atoms with Gasteiger partial charge in [-0.2, -0.15) is 4.31 Å². The van der Waals surface area contributed by atoms with Crippen molar-refractivity contribution >= 4 is 49.1 Å². The highest BCUT2D eigenvalue weighted by Crippen LogP contribution is 2.36. The minimum atomic E-state index is -3.85. The zero-order valence-corrected chi connectivity index (χ0v) is 20.1. The fraction of sp³-hybridized carbons (Fsp3) is 0.364. The quantitative estimate of drug-likeness (QED) is 0.640. The average molecular weight is 522 g/mol. The molecule has 0 bridgehead atoms. The molecule has 4 rings (SSSR count). The van der Waals surface area contributed by atoms with Gasteiger partial charge in [-0.1, -0.05) is 22.0 Å². The fourth-order valence-electron chi connectivity index (χ4n) is 3.95. The first-order valence-corrected chi connectivity index (χ1v) is 12.6. The topological polar surface area (TPSA) is 105 Å². The molecule has 2 heterocycles. The second kappa shape index (κ2) is 8.84. The lowest BCUT2D eigenvalue weighted by Crippen LogP contribution is -2.44. The van der Waals surface area contributed by atoms with Crippen molar-refractivity contribution in [2.24, 2.45) is 5.92 Å². The predicted molar refractivity (Wildman–Crippen MR) is 124 cm³/mol. The van der Waals surface area contributed by atoms with E-state index in [-0.39, 0.29) is 23.3 Å². The number of halogens is 1. The summed E-state index contributed by atoms with van der Waals surface area (Å²) >= 11 is 3.38. The summed E-state index contributed by atoms with van der Waals surface area (Å²) in [7, 11) is -3.85. The van der Waals surface area contributed by atoms with E-state index in [1.165, 1.54) is 10.4 Å². The molecule has 8 nitrogen and oxygen atoms in total. The van der Waals surface area contributed by atoms with Crippen molar-refractivity contribution in [1.82, 2.24) is 4.31 Å². The Hall–Kier alpha value is -2.43. The van der Waals surface area contributed by atoms with Gasteiger partial charge in [-0.15, -0.1) is 0 Å². The second-order valence-corrected chi connectivity index (χ2v) is 10.9. The highest BCUT2D eigenvalue weighted by atomic mass is 79.9. The SMILES string of the molecule is Cc1cc2c(cc1S(=O)(=O)N1CCC[C@@H](C(=O)Nc3cccc(Br)c3)C1)O[C@H](C)C(=O)N2. The Kier molecular flexibility index (Phi) is 6.28. The number of carbonyl (C=O) groups excluding carboxylic acids is 2. The lowest BCUT2D eigenvalue weighted by Gasteiger charge is -2.32. The maximum Gasteiger partial charge on any atom is 0.265 e. The molecule has 2 aromatic rings. The van der Waals surface area contributed by atoms with E-state index in [1.54, 1.807) is 32.0 Å². The van der Waals surface area contributed by atoms with E-state index in [0.717, 1.165) is 4.47 Å². The van der Waals surface area contributed by atoms with Crippen LogP contribution in [-0.2, 0) is 19.6 Å². The summed E-state index contributed by atoms with van der Waals surface area (Å²) in [6.07, 6.45) is 0.493. The molecule has 1 saturated heterocycles. The molecule has 0 radical (unpaired) electrons. The first kappa shape index (κ1) is 22.8. The monoisotopic (exact) mass is 521 g/mol. The minimum absolute atomic E-state index is 0.104. The van der Waals surface area contributed by atoms with Crippen LogP contribution in [0, 0.1) is 12.8 Å². The first-order chi connectivity index (χ1) is 15.1. The highest BCUT2D eigenvalue weighted by Gasteiger charge is 2.35. The van der Waals surface area contributed by atoms with Crippen LogP contribution >= 0.6 is 15.9 Å². The summed E-state index contributed by atoms with van der Waals surface area (Å²) in [5.74, 6) is -0.610. The van der Waals surface area contributed by atoms with Crippen LogP contribution in [0.1, 0.15) is 25.3 Å². The summed E-state index contributed by atoms with van der Waals surface area (Å²) in [4.78, 5) is 24.8. The van der Waals surface area contributed by atoms with Crippen molar-refractivity contribution in [1.29, 1.82) is 0 Å². The van der Waals surface area contributed by atoms with Gasteiger partial charge in [0, 0.05) is 29.3 Å². The molecular weight excluding hydrogens is 498 g/mol. The number of ether oxygens (including phenoxy) is 1. The second-order valence-electron chi connectivity index (χ2n) is 8.06. The number of nitrogens with one attached hydrogen (secondary N) is 2. The van der Waals surface area contributed by atoms with E-state index in [4.69, 9.17) is 4.74 Å². The van der Waals surface area contributed by atoms with Gasteiger partial charge in [-0.3, -0.25) is 9.59 Å². The van der Waals surface area contributed by atoms with Gasteiger partial charge in [0.2, 0.25) is 15.9 Å². The Balaban J connectivity index is 1.54. The first-order valence-electron chi connectivity index (χ1n) is 10.3. The molecule has 2 aliphatic heterocycles. The van der Waals surface area contributed by atoms with Crippen LogP contribution in [0.3, 0.4) is 0 Å². The van der Waals surface area contributed by atoms with E-state index in [9.17, 15) is 18.0 Å². The molecule has 2 amide bonds. The minimum Gasteiger partial charge on any atom is -0.479 e. The van der Waals surface area contributed by atoms with Crippen LogP contribution in [-0.4, -0.2) is 43.7 Å². The van der Waals surface area contributed by atoms with Gasteiger partial charge in [0.1, 0.15) is 5.75 Å². The van der Waals surface area contributed by atoms with E-state index in [0.29, 0.717) is 42.1 Å². The van der Waals surface area contributed by atoms with Gasteiger partial charge >= 0.3 is 0 Å². The standard InChI is InChI=1S/C22H24BrN3O5S/c1-13-9-18-19(31-14(2)21(27)25-18)11-20(13)32(29,30)26-8-4-5-15(12-26)22(28)24-17-7-3-6-16(23)10-17/h3,6-7,9-11,14-15H,4-5,8,12H2,1-2H3,(H,24,28)(H,25,27)/t14-,15-/m1/s1. The van der Waals surface area contributed by atoms with Gasteiger partial charge in [0.05, 0.1) is 16.5 Å². The molecule has 0 aromatic heterocycles. The van der Waals surface area contributed by atoms with Crippen LogP contribution in [0.4, 0.5) is 11.4 Å². The van der Waals surface area contributed by atoms with Crippen LogP contribution in [0.15, 0.2) is 45.8 Å². The normalized spacial score (nSPS) is 21.3. The largest absolute Gasteiger partial charge is 0.479 e. The third kappa shape index (κ3) is 4.53. The maximum atomic E-state index is 13.5. The highest BCUT2D eigenvalue weighted by molar-refractivity contribution is 9.10. The number of rotatable bonds is 4. The Bertz CT molecular complexity index is 1180. The van der Waals surface area contributed by atoms with Crippen molar-refractivity contribution < 1.29 is 22.7 Å². The zero-order valence-electron chi connectivity index (χ0n) is 17.7. The summed E-state index contributed by atoms with van der Waals surface area (Å²) in [5, 5.41) is 5.60. The van der Waals surface area contributed by atoms with Crippen LogP contribution in [0.25, 0.3) is 0 Å². The lowest BCUT2D eigenvalue weighted by atomic mass is 9.99. The molecule has 0 saturated carbocycles. The third-order valence-corrected chi connectivity index (χ3v) is 8.17. The van der Waals surface area contributed by atoms with Crippen LogP contribution in [0.5, 0.6) is 5.75 Å². The molecule has 10 heteroatoms. The number of fused-ring (bicyclic) bond motifs is 1. The molecule has 2 atom stereocenters. The summed E-state index contributed by atoms with van der Waals surface area (Å²) in [5.41, 5.74) is 1.61. The smallest absolute Gasteiger partial charge is 0.265 e. The Morgan fingerprint density at radius 3 is 2.81 bits per heavy atom. The van der Waals surface area contributed by atoms with Crippen molar-refractivity contribution in [2.75, 3.05) is 23.7 Å². The van der Waals surface area contributed by atoms with Gasteiger partial charge in [-0.05, 0) is 56.5 Å². The molecule has 32 heavy (non-hydrogen) atoms. The molecule has 170 valence electrons. The summed E-state index contributed by atoms with van der Waals surface area (Å²) in [6.45, 7) is 3.73. The third-order valence-electron chi connectivity index (χ3n) is 5.67. The fourth-order valence-corrected chi connectivity index (χ4v) is 6.09. The molecule has 0 unspecified atom stereocenters. The number of amides is 2. The summed E-state index contributed by atoms with van der Waals surface area (Å²) < 4.78 is 34.7.